The van der Waals surface area contributed by atoms with Gasteiger partial charge in [-0.3, -0.25) is 9.59 Å². The molecule has 0 aliphatic heterocycles. The summed E-state index contributed by atoms with van der Waals surface area (Å²) in [7, 11) is 1.44. The van der Waals surface area contributed by atoms with Gasteiger partial charge in [0, 0.05) is 13.2 Å². The molecule has 0 spiro atoms. The van der Waals surface area contributed by atoms with Gasteiger partial charge in [-0.1, -0.05) is 18.2 Å². The molecule has 0 saturated carbocycles. The van der Waals surface area contributed by atoms with E-state index in [0.717, 1.165) is 10.5 Å². The zero-order valence-corrected chi connectivity index (χ0v) is 12.3. The Bertz CT molecular complexity index is 686. The summed E-state index contributed by atoms with van der Waals surface area (Å²) < 4.78 is 13.6. The normalized spacial score (nSPS) is 10.1. The van der Waals surface area contributed by atoms with E-state index in [1.54, 1.807) is 18.3 Å². The molecule has 5 nitrogen and oxygen atoms in total. The van der Waals surface area contributed by atoms with Crippen molar-refractivity contribution in [2.75, 3.05) is 18.9 Å². The molecule has 0 fully saturated rings. The maximum absolute atomic E-state index is 13.6. The first kappa shape index (κ1) is 15.6. The summed E-state index contributed by atoms with van der Waals surface area (Å²) in [4.78, 5) is 29.2. The Balaban J connectivity index is 1.97. The van der Waals surface area contributed by atoms with Crippen LogP contribution < -0.4 is 5.32 Å². The Labute approximate surface area is 127 Å². The highest BCUT2D eigenvalue weighted by molar-refractivity contribution is 5.99. The first-order chi connectivity index (χ1) is 10.5. The number of hydrogen-bond acceptors (Lipinski definition) is 3. The molecule has 1 N–H and O–H groups in total. The van der Waals surface area contributed by atoms with E-state index >= 15 is 0 Å². The Morgan fingerprint density at radius 3 is 2.59 bits per heavy atom. The van der Waals surface area contributed by atoms with Crippen LogP contribution in [0.1, 0.15) is 15.9 Å². The fourth-order valence-electron chi connectivity index (χ4n) is 1.85. The topological polar surface area (TPSA) is 62.3 Å². The van der Waals surface area contributed by atoms with Crippen LogP contribution in [0.15, 0.2) is 42.6 Å². The molecule has 0 aliphatic rings. The van der Waals surface area contributed by atoms with E-state index < -0.39 is 17.6 Å². The Kier molecular flexibility index (Phi) is 4.83. The lowest BCUT2D eigenvalue weighted by Crippen LogP contribution is -2.35. The van der Waals surface area contributed by atoms with Crippen LogP contribution in [-0.4, -0.2) is 35.3 Å². The van der Waals surface area contributed by atoms with E-state index in [1.165, 1.54) is 25.2 Å². The number of likely N-dealkylation sites (N-methyl/N-ethyl adjacent to an activating group) is 1. The largest absolute Gasteiger partial charge is 0.332 e. The maximum atomic E-state index is 13.6. The average molecular weight is 301 g/mol. The van der Waals surface area contributed by atoms with Crippen LogP contribution >= 0.6 is 0 Å². The molecule has 0 radical (unpaired) electrons. The van der Waals surface area contributed by atoms with Crippen molar-refractivity contribution in [2.45, 2.75) is 6.92 Å². The van der Waals surface area contributed by atoms with Gasteiger partial charge in [0.1, 0.15) is 11.6 Å². The number of amides is 2. The van der Waals surface area contributed by atoms with Gasteiger partial charge >= 0.3 is 0 Å². The third-order valence-corrected chi connectivity index (χ3v) is 3.01. The number of hydrogen-bond donors (Lipinski definition) is 1. The first-order valence-corrected chi connectivity index (χ1v) is 6.70. The summed E-state index contributed by atoms with van der Waals surface area (Å²) in [5.41, 5.74) is 0.913. The van der Waals surface area contributed by atoms with Gasteiger partial charge in [-0.2, -0.15) is 0 Å². The Morgan fingerprint density at radius 2 is 1.95 bits per heavy atom. The summed E-state index contributed by atoms with van der Waals surface area (Å²) in [6, 6.07) is 9.15. The molecular formula is C16H16FN3O2. The third-order valence-electron chi connectivity index (χ3n) is 3.01. The monoisotopic (exact) mass is 301 g/mol. The van der Waals surface area contributed by atoms with Gasteiger partial charge in [0.05, 0.1) is 12.1 Å². The zero-order valence-electron chi connectivity index (χ0n) is 12.3. The summed E-state index contributed by atoms with van der Waals surface area (Å²) in [6.07, 6.45) is 1.63. The molecule has 6 heteroatoms. The number of carbonyl (C=O) groups excluding carboxylic acids is 2. The van der Waals surface area contributed by atoms with Crippen molar-refractivity contribution in [1.29, 1.82) is 0 Å². The van der Waals surface area contributed by atoms with Crippen molar-refractivity contribution in [3.05, 3.63) is 59.5 Å². The number of nitrogens with one attached hydrogen (secondary N) is 1. The van der Waals surface area contributed by atoms with Crippen molar-refractivity contribution in [2.24, 2.45) is 0 Å². The fourth-order valence-corrected chi connectivity index (χ4v) is 1.85. The number of carbonyl (C=O) groups is 2. The highest BCUT2D eigenvalue weighted by Gasteiger charge is 2.18. The predicted octanol–water partition coefficient (Wildman–Crippen LogP) is 2.24. The maximum Gasteiger partial charge on any atom is 0.257 e. The minimum Gasteiger partial charge on any atom is -0.332 e. The molecule has 0 aliphatic carbocycles. The number of rotatable bonds is 4. The van der Waals surface area contributed by atoms with E-state index in [2.05, 4.69) is 10.3 Å². The lowest BCUT2D eigenvalue weighted by atomic mass is 10.2. The van der Waals surface area contributed by atoms with Crippen molar-refractivity contribution in [1.82, 2.24) is 9.88 Å². The van der Waals surface area contributed by atoms with Gasteiger partial charge in [-0.25, -0.2) is 9.37 Å². The van der Waals surface area contributed by atoms with Gasteiger partial charge in [0.15, 0.2) is 0 Å². The molecule has 0 saturated heterocycles. The standard InChI is InChI=1S/C16H16FN3O2/c1-11-7-8-14(18-9-11)19-15(21)10-20(2)16(22)12-5-3-4-6-13(12)17/h3-9H,10H2,1-2H3,(H,18,19,21). The summed E-state index contributed by atoms with van der Waals surface area (Å²) >= 11 is 0. The molecule has 0 atom stereocenters. The molecule has 2 aromatic rings. The lowest BCUT2D eigenvalue weighted by molar-refractivity contribution is -0.116. The van der Waals surface area contributed by atoms with E-state index in [4.69, 9.17) is 0 Å². The molecule has 2 rings (SSSR count). The van der Waals surface area contributed by atoms with E-state index in [-0.39, 0.29) is 12.1 Å². The number of benzene rings is 1. The smallest absolute Gasteiger partial charge is 0.257 e. The van der Waals surface area contributed by atoms with E-state index in [1.807, 2.05) is 13.0 Å². The van der Waals surface area contributed by atoms with Crippen LogP contribution in [0.5, 0.6) is 0 Å². The second-order valence-electron chi connectivity index (χ2n) is 4.91. The third kappa shape index (κ3) is 3.88. The summed E-state index contributed by atoms with van der Waals surface area (Å²) in [5, 5.41) is 2.58. The summed E-state index contributed by atoms with van der Waals surface area (Å²) in [6.45, 7) is 1.70. The van der Waals surface area contributed by atoms with Crippen molar-refractivity contribution in [3.8, 4) is 0 Å². The molecule has 22 heavy (non-hydrogen) atoms. The minimum atomic E-state index is -0.611. The molecule has 0 bridgehead atoms. The van der Waals surface area contributed by atoms with Crippen LogP contribution in [0, 0.1) is 12.7 Å². The molecule has 1 aromatic carbocycles. The number of halogens is 1. The first-order valence-electron chi connectivity index (χ1n) is 6.70. The van der Waals surface area contributed by atoms with Gasteiger partial charge in [-0.05, 0) is 30.7 Å². The number of nitrogens with zero attached hydrogens (tertiary/aromatic N) is 2. The number of aryl methyl sites for hydroxylation is 1. The van der Waals surface area contributed by atoms with Crippen LogP contribution in [0.25, 0.3) is 0 Å². The minimum absolute atomic E-state index is 0.0636. The van der Waals surface area contributed by atoms with Crippen LogP contribution in [0.4, 0.5) is 10.2 Å². The van der Waals surface area contributed by atoms with E-state index in [0.29, 0.717) is 5.82 Å². The molecule has 0 unspecified atom stereocenters. The highest BCUT2D eigenvalue weighted by Crippen LogP contribution is 2.09. The molecule has 1 aromatic heterocycles. The van der Waals surface area contributed by atoms with Crippen LogP contribution in [0.2, 0.25) is 0 Å². The highest BCUT2D eigenvalue weighted by atomic mass is 19.1. The van der Waals surface area contributed by atoms with Gasteiger partial charge in [0.2, 0.25) is 5.91 Å². The lowest BCUT2D eigenvalue weighted by Gasteiger charge is -2.17. The van der Waals surface area contributed by atoms with E-state index in [9.17, 15) is 14.0 Å². The Morgan fingerprint density at radius 1 is 1.23 bits per heavy atom. The number of pyridine rings is 1. The van der Waals surface area contributed by atoms with Crippen molar-refractivity contribution < 1.29 is 14.0 Å². The zero-order chi connectivity index (χ0) is 16.1. The Hall–Kier alpha value is -2.76. The van der Waals surface area contributed by atoms with Crippen LogP contribution in [-0.2, 0) is 4.79 Å². The number of anilines is 1. The van der Waals surface area contributed by atoms with Gasteiger partial charge < -0.3 is 10.2 Å². The summed E-state index contributed by atoms with van der Waals surface area (Å²) in [5.74, 6) is -1.16. The second kappa shape index (κ2) is 6.80. The predicted molar refractivity (Wildman–Crippen MR) is 81.0 cm³/mol. The number of aromatic nitrogens is 1. The van der Waals surface area contributed by atoms with Crippen molar-refractivity contribution in [3.63, 3.8) is 0 Å². The molecule has 1 heterocycles. The quantitative estimate of drug-likeness (QED) is 0.942. The SMILES string of the molecule is Cc1ccc(NC(=O)CN(C)C(=O)c2ccccc2F)nc1. The van der Waals surface area contributed by atoms with Crippen LogP contribution in [0.3, 0.4) is 0 Å². The van der Waals surface area contributed by atoms with Gasteiger partial charge in [0.25, 0.3) is 5.91 Å². The molecule has 2 amide bonds. The molecular weight excluding hydrogens is 285 g/mol. The molecule has 114 valence electrons. The fraction of sp³-hybridized carbons (Fsp3) is 0.188. The van der Waals surface area contributed by atoms with Gasteiger partial charge in [-0.15, -0.1) is 0 Å². The second-order valence-corrected chi connectivity index (χ2v) is 4.91. The average Bonchev–Trinajstić information content (AvgIpc) is 2.49. The van der Waals surface area contributed by atoms with Crippen molar-refractivity contribution >= 4 is 17.6 Å².